The van der Waals surface area contributed by atoms with Crippen molar-refractivity contribution in [1.29, 1.82) is 0 Å². The number of para-hydroxylation sites is 2. The normalized spacial score (nSPS) is 14.5. The zero-order valence-corrected chi connectivity index (χ0v) is 13.8. The van der Waals surface area contributed by atoms with Gasteiger partial charge in [0.15, 0.2) is 0 Å². The number of hydrogen-bond acceptors (Lipinski definition) is 4. The average Bonchev–Trinajstić information content (AvgIpc) is 2.61. The van der Waals surface area contributed by atoms with Crippen LogP contribution in [-0.2, 0) is 0 Å². The first-order valence-corrected chi connectivity index (χ1v) is 8.02. The van der Waals surface area contributed by atoms with Gasteiger partial charge in [0.1, 0.15) is 11.4 Å². The summed E-state index contributed by atoms with van der Waals surface area (Å²) in [5.74, 6) is -0.653. The molecule has 2 aromatic carbocycles. The number of carbonyl (C=O) groups excluding carboxylic acids is 1. The molecule has 0 spiro atoms. The van der Waals surface area contributed by atoms with E-state index in [1.165, 1.54) is 12.1 Å². The highest BCUT2D eigenvalue weighted by molar-refractivity contribution is 5.98. The van der Waals surface area contributed by atoms with Crippen molar-refractivity contribution in [2.75, 3.05) is 31.1 Å². The van der Waals surface area contributed by atoms with E-state index in [9.17, 15) is 19.3 Å². The molecule has 0 radical (unpaired) electrons. The van der Waals surface area contributed by atoms with E-state index >= 15 is 0 Å². The van der Waals surface area contributed by atoms with E-state index in [2.05, 4.69) is 0 Å². The Morgan fingerprint density at radius 3 is 2.40 bits per heavy atom. The van der Waals surface area contributed by atoms with Crippen LogP contribution in [0, 0.1) is 22.9 Å². The van der Waals surface area contributed by atoms with Gasteiger partial charge in [-0.25, -0.2) is 4.39 Å². The first kappa shape index (κ1) is 16.9. The number of hydrogen-bond donors (Lipinski definition) is 0. The maximum atomic E-state index is 13.9. The molecule has 0 aliphatic carbocycles. The molecule has 0 saturated carbocycles. The van der Waals surface area contributed by atoms with Crippen LogP contribution in [0.15, 0.2) is 42.5 Å². The summed E-state index contributed by atoms with van der Waals surface area (Å²) in [5.41, 5.74) is 0.922. The van der Waals surface area contributed by atoms with Gasteiger partial charge < -0.3 is 9.80 Å². The van der Waals surface area contributed by atoms with Crippen molar-refractivity contribution in [2.45, 2.75) is 6.92 Å². The average molecular weight is 343 g/mol. The molecule has 1 heterocycles. The summed E-state index contributed by atoms with van der Waals surface area (Å²) in [7, 11) is 0. The first-order valence-electron chi connectivity index (χ1n) is 8.02. The van der Waals surface area contributed by atoms with Gasteiger partial charge in [0.25, 0.3) is 11.6 Å². The van der Waals surface area contributed by atoms with Crippen LogP contribution in [0.5, 0.6) is 0 Å². The molecule has 0 bridgehead atoms. The summed E-state index contributed by atoms with van der Waals surface area (Å²) in [6.07, 6.45) is 0. The van der Waals surface area contributed by atoms with E-state index in [4.69, 9.17) is 0 Å². The van der Waals surface area contributed by atoms with Crippen LogP contribution in [0.1, 0.15) is 15.9 Å². The number of amides is 1. The maximum Gasteiger partial charge on any atom is 0.285 e. The SMILES string of the molecule is Cc1cccc(C(=O)N2CCN(c3ccccc3F)CC2)c1[N+](=O)[O-]. The number of carbonyl (C=O) groups is 1. The fraction of sp³-hybridized carbons (Fsp3) is 0.278. The number of nitro benzene ring substituents is 1. The Bertz CT molecular complexity index is 817. The van der Waals surface area contributed by atoms with Gasteiger partial charge in [0.05, 0.1) is 10.6 Å². The molecule has 7 heteroatoms. The Labute approximate surface area is 144 Å². The van der Waals surface area contributed by atoms with Gasteiger partial charge in [-0.1, -0.05) is 24.3 Å². The van der Waals surface area contributed by atoms with Crippen molar-refractivity contribution in [3.05, 3.63) is 69.5 Å². The predicted octanol–water partition coefficient (Wildman–Crippen LogP) is 3.00. The molecule has 25 heavy (non-hydrogen) atoms. The van der Waals surface area contributed by atoms with Gasteiger partial charge in [0, 0.05) is 31.7 Å². The van der Waals surface area contributed by atoms with Crippen LogP contribution in [0.25, 0.3) is 0 Å². The van der Waals surface area contributed by atoms with Crippen LogP contribution in [0.2, 0.25) is 0 Å². The molecular formula is C18H18FN3O3. The second kappa shape index (κ2) is 6.88. The minimum Gasteiger partial charge on any atom is -0.366 e. The van der Waals surface area contributed by atoms with Crippen molar-refractivity contribution in [3.8, 4) is 0 Å². The van der Waals surface area contributed by atoms with E-state index in [1.807, 2.05) is 4.90 Å². The Morgan fingerprint density at radius 2 is 1.76 bits per heavy atom. The van der Waals surface area contributed by atoms with Gasteiger partial charge in [-0.15, -0.1) is 0 Å². The molecular weight excluding hydrogens is 325 g/mol. The minimum absolute atomic E-state index is 0.101. The number of anilines is 1. The monoisotopic (exact) mass is 343 g/mol. The second-order valence-electron chi connectivity index (χ2n) is 5.96. The van der Waals surface area contributed by atoms with E-state index in [0.717, 1.165) is 0 Å². The zero-order chi connectivity index (χ0) is 18.0. The highest BCUT2D eigenvalue weighted by Gasteiger charge is 2.29. The van der Waals surface area contributed by atoms with Crippen LogP contribution in [-0.4, -0.2) is 41.9 Å². The van der Waals surface area contributed by atoms with Crippen molar-refractivity contribution in [3.63, 3.8) is 0 Å². The lowest BCUT2D eigenvalue weighted by molar-refractivity contribution is -0.385. The molecule has 0 atom stereocenters. The Balaban J connectivity index is 1.76. The summed E-state index contributed by atoms with van der Waals surface area (Å²) < 4.78 is 13.9. The molecule has 1 aliphatic heterocycles. The third-order valence-electron chi connectivity index (χ3n) is 4.41. The molecule has 1 amide bonds. The summed E-state index contributed by atoms with van der Waals surface area (Å²) >= 11 is 0. The summed E-state index contributed by atoms with van der Waals surface area (Å²) in [5, 5.41) is 11.3. The minimum atomic E-state index is -0.516. The Morgan fingerprint density at radius 1 is 1.08 bits per heavy atom. The fourth-order valence-corrected chi connectivity index (χ4v) is 3.10. The smallest absolute Gasteiger partial charge is 0.285 e. The number of halogens is 1. The summed E-state index contributed by atoms with van der Waals surface area (Å²) in [4.78, 5) is 27.0. The molecule has 6 nitrogen and oxygen atoms in total. The van der Waals surface area contributed by atoms with Crippen molar-refractivity contribution < 1.29 is 14.1 Å². The van der Waals surface area contributed by atoms with Crippen LogP contribution in [0.3, 0.4) is 0 Å². The first-order chi connectivity index (χ1) is 12.0. The Kier molecular flexibility index (Phi) is 4.65. The van der Waals surface area contributed by atoms with E-state index in [0.29, 0.717) is 37.4 Å². The Hall–Kier alpha value is -2.96. The molecule has 1 saturated heterocycles. The third kappa shape index (κ3) is 3.31. The number of nitro groups is 1. The largest absolute Gasteiger partial charge is 0.366 e. The lowest BCUT2D eigenvalue weighted by Crippen LogP contribution is -2.49. The van der Waals surface area contributed by atoms with Crippen LogP contribution in [0.4, 0.5) is 15.8 Å². The van der Waals surface area contributed by atoms with Gasteiger partial charge >= 0.3 is 0 Å². The topological polar surface area (TPSA) is 66.7 Å². The number of rotatable bonds is 3. The standard InChI is InChI=1S/C18H18FN3O3/c1-13-5-4-6-14(17(13)22(24)25)18(23)21-11-9-20(10-12-21)16-8-3-2-7-15(16)19/h2-8H,9-12H2,1H3. The van der Waals surface area contributed by atoms with Gasteiger partial charge in [-0.05, 0) is 25.1 Å². The molecule has 3 rings (SSSR count). The lowest BCUT2D eigenvalue weighted by Gasteiger charge is -2.36. The molecule has 130 valence electrons. The number of benzene rings is 2. The summed E-state index contributed by atoms with van der Waals surface area (Å²) in [6.45, 7) is 3.35. The highest BCUT2D eigenvalue weighted by atomic mass is 19.1. The van der Waals surface area contributed by atoms with E-state index in [1.54, 1.807) is 42.2 Å². The molecule has 1 aliphatic rings. The van der Waals surface area contributed by atoms with E-state index < -0.39 is 4.92 Å². The summed E-state index contributed by atoms with van der Waals surface area (Å²) in [6, 6.07) is 11.3. The van der Waals surface area contributed by atoms with Crippen molar-refractivity contribution in [2.24, 2.45) is 0 Å². The molecule has 0 N–H and O–H groups in total. The van der Waals surface area contributed by atoms with Gasteiger partial charge in [-0.3, -0.25) is 14.9 Å². The molecule has 0 aromatic heterocycles. The number of nitrogens with zero attached hydrogens (tertiary/aromatic N) is 3. The molecule has 0 unspecified atom stereocenters. The van der Waals surface area contributed by atoms with Crippen LogP contribution >= 0.6 is 0 Å². The maximum absolute atomic E-state index is 13.9. The molecule has 1 fully saturated rings. The van der Waals surface area contributed by atoms with Crippen LogP contribution < -0.4 is 4.90 Å². The van der Waals surface area contributed by atoms with Crippen molar-refractivity contribution >= 4 is 17.3 Å². The number of piperazine rings is 1. The van der Waals surface area contributed by atoms with Gasteiger partial charge in [-0.2, -0.15) is 0 Å². The third-order valence-corrected chi connectivity index (χ3v) is 4.41. The second-order valence-corrected chi connectivity index (χ2v) is 5.96. The number of aryl methyl sites for hydroxylation is 1. The fourth-order valence-electron chi connectivity index (χ4n) is 3.10. The molecule has 2 aromatic rings. The van der Waals surface area contributed by atoms with E-state index in [-0.39, 0.29) is 23.0 Å². The lowest BCUT2D eigenvalue weighted by atomic mass is 10.1. The highest BCUT2D eigenvalue weighted by Crippen LogP contribution is 2.26. The van der Waals surface area contributed by atoms with Crippen molar-refractivity contribution in [1.82, 2.24) is 4.90 Å². The quantitative estimate of drug-likeness (QED) is 0.635. The van der Waals surface area contributed by atoms with Gasteiger partial charge in [0.2, 0.25) is 0 Å². The predicted molar refractivity (Wildman–Crippen MR) is 92.3 cm³/mol. The zero-order valence-electron chi connectivity index (χ0n) is 13.8.